The van der Waals surface area contributed by atoms with Crippen molar-refractivity contribution >= 4 is 0 Å². The molecule has 3 nitrogen and oxygen atoms in total. The number of phenols is 1. The molecule has 2 N–H and O–H groups in total. The first-order chi connectivity index (χ1) is 9.69. The van der Waals surface area contributed by atoms with E-state index >= 15 is 0 Å². The zero-order chi connectivity index (χ0) is 14.1. The summed E-state index contributed by atoms with van der Waals surface area (Å²) in [6, 6.07) is 10.3. The van der Waals surface area contributed by atoms with Crippen LogP contribution < -0.4 is 10.1 Å². The van der Waals surface area contributed by atoms with E-state index in [2.05, 4.69) is 5.32 Å². The van der Waals surface area contributed by atoms with E-state index < -0.39 is 0 Å². The molecule has 0 radical (unpaired) electrons. The molecule has 0 fully saturated rings. The fourth-order valence-corrected chi connectivity index (χ4v) is 2.71. The van der Waals surface area contributed by atoms with Crippen molar-refractivity contribution < 1.29 is 14.2 Å². The Balaban J connectivity index is 2.02. The van der Waals surface area contributed by atoms with Gasteiger partial charge in [-0.1, -0.05) is 12.1 Å². The molecule has 1 aliphatic heterocycles. The van der Waals surface area contributed by atoms with Gasteiger partial charge in [0, 0.05) is 6.54 Å². The van der Waals surface area contributed by atoms with Crippen LogP contribution in [-0.4, -0.2) is 18.8 Å². The van der Waals surface area contributed by atoms with Gasteiger partial charge in [-0.2, -0.15) is 0 Å². The van der Waals surface area contributed by atoms with Crippen LogP contribution in [0.3, 0.4) is 0 Å². The zero-order valence-electron chi connectivity index (χ0n) is 11.2. The maximum absolute atomic E-state index is 13.9. The Morgan fingerprint density at radius 2 is 2.10 bits per heavy atom. The Morgan fingerprint density at radius 1 is 1.25 bits per heavy atom. The summed E-state index contributed by atoms with van der Waals surface area (Å²) in [5.74, 6) is 0.151. The Bertz CT molecular complexity index is 642. The number of methoxy groups -OCH3 is 1. The minimum absolute atomic E-state index is 0.0558. The van der Waals surface area contributed by atoms with Gasteiger partial charge in [0.1, 0.15) is 5.75 Å². The number of hydrogen-bond acceptors (Lipinski definition) is 3. The van der Waals surface area contributed by atoms with Gasteiger partial charge in [-0.05, 0) is 47.4 Å². The van der Waals surface area contributed by atoms with Gasteiger partial charge in [-0.15, -0.1) is 0 Å². The summed E-state index contributed by atoms with van der Waals surface area (Å²) in [6.45, 7) is 0.800. The Hall–Kier alpha value is -2.07. The first-order valence-electron chi connectivity index (χ1n) is 6.57. The number of rotatable bonds is 2. The predicted molar refractivity (Wildman–Crippen MR) is 74.6 cm³/mol. The molecule has 104 valence electrons. The number of benzene rings is 2. The lowest BCUT2D eigenvalue weighted by atomic mass is 9.89. The highest BCUT2D eigenvalue weighted by Gasteiger charge is 2.22. The van der Waals surface area contributed by atoms with Crippen molar-refractivity contribution in [2.75, 3.05) is 13.7 Å². The van der Waals surface area contributed by atoms with E-state index in [9.17, 15) is 9.50 Å². The maximum Gasteiger partial charge on any atom is 0.165 e. The first kappa shape index (κ1) is 12.9. The molecule has 0 bridgehead atoms. The van der Waals surface area contributed by atoms with Crippen molar-refractivity contribution in [1.82, 2.24) is 5.32 Å². The van der Waals surface area contributed by atoms with Gasteiger partial charge in [-0.25, -0.2) is 4.39 Å². The fourth-order valence-electron chi connectivity index (χ4n) is 2.71. The summed E-state index contributed by atoms with van der Waals surface area (Å²) in [5.41, 5.74) is 3.04. The van der Waals surface area contributed by atoms with Gasteiger partial charge in [0.2, 0.25) is 0 Å². The minimum Gasteiger partial charge on any atom is -0.508 e. The fraction of sp³-hybridized carbons (Fsp3) is 0.250. The number of halogens is 1. The van der Waals surface area contributed by atoms with Gasteiger partial charge in [-0.3, -0.25) is 0 Å². The van der Waals surface area contributed by atoms with Gasteiger partial charge in [0.15, 0.2) is 11.6 Å². The summed E-state index contributed by atoms with van der Waals surface area (Å²) in [6.07, 6.45) is 0.860. The summed E-state index contributed by atoms with van der Waals surface area (Å²) in [7, 11) is 1.45. The molecule has 0 saturated heterocycles. The van der Waals surface area contributed by atoms with Crippen molar-refractivity contribution in [2.45, 2.75) is 12.5 Å². The lowest BCUT2D eigenvalue weighted by Gasteiger charge is -2.27. The quantitative estimate of drug-likeness (QED) is 0.884. The average molecular weight is 273 g/mol. The Labute approximate surface area is 117 Å². The number of aromatic hydroxyl groups is 1. The average Bonchev–Trinajstić information content (AvgIpc) is 2.46. The van der Waals surface area contributed by atoms with E-state index in [4.69, 9.17) is 4.74 Å². The van der Waals surface area contributed by atoms with Crippen molar-refractivity contribution in [2.24, 2.45) is 0 Å². The second-order valence-corrected chi connectivity index (χ2v) is 4.91. The van der Waals surface area contributed by atoms with Crippen LogP contribution in [-0.2, 0) is 6.42 Å². The second-order valence-electron chi connectivity index (χ2n) is 4.91. The molecule has 2 aromatic carbocycles. The molecule has 0 amide bonds. The summed E-state index contributed by atoms with van der Waals surface area (Å²) in [5, 5.41) is 12.9. The molecule has 0 aliphatic carbocycles. The number of fused-ring (bicyclic) bond motifs is 1. The molecule has 3 rings (SSSR count). The molecule has 1 aliphatic rings. The number of hydrogen-bond donors (Lipinski definition) is 2. The molecule has 0 aromatic heterocycles. The first-order valence-corrected chi connectivity index (χ1v) is 6.57. The highest BCUT2D eigenvalue weighted by Crippen LogP contribution is 2.32. The standard InChI is InChI=1S/C16H16FNO2/c1-20-15-5-2-11(9-14(15)17)16-13-4-3-12(19)8-10(13)6-7-18-16/h2-5,8-9,16,18-19H,6-7H2,1H3. The number of nitrogens with one attached hydrogen (secondary N) is 1. The summed E-state index contributed by atoms with van der Waals surface area (Å²) in [4.78, 5) is 0. The predicted octanol–water partition coefficient (Wildman–Crippen LogP) is 2.78. The topological polar surface area (TPSA) is 41.5 Å². The lowest BCUT2D eigenvalue weighted by molar-refractivity contribution is 0.385. The molecular weight excluding hydrogens is 257 g/mol. The van der Waals surface area contributed by atoms with Crippen molar-refractivity contribution in [3.8, 4) is 11.5 Å². The van der Waals surface area contributed by atoms with Crippen LogP contribution in [0.1, 0.15) is 22.7 Å². The van der Waals surface area contributed by atoms with Gasteiger partial charge < -0.3 is 15.2 Å². The van der Waals surface area contributed by atoms with E-state index in [-0.39, 0.29) is 23.4 Å². The Kier molecular flexibility index (Phi) is 3.32. The largest absolute Gasteiger partial charge is 0.508 e. The smallest absolute Gasteiger partial charge is 0.165 e. The maximum atomic E-state index is 13.9. The minimum atomic E-state index is -0.363. The van der Waals surface area contributed by atoms with Crippen LogP contribution in [0, 0.1) is 5.82 Å². The van der Waals surface area contributed by atoms with Gasteiger partial charge >= 0.3 is 0 Å². The molecule has 0 saturated carbocycles. The van der Waals surface area contributed by atoms with Crippen LogP contribution in [0.5, 0.6) is 11.5 Å². The van der Waals surface area contributed by atoms with Crippen LogP contribution >= 0.6 is 0 Å². The van der Waals surface area contributed by atoms with Crippen LogP contribution in [0.15, 0.2) is 36.4 Å². The van der Waals surface area contributed by atoms with Crippen molar-refractivity contribution in [1.29, 1.82) is 0 Å². The van der Waals surface area contributed by atoms with Crippen LogP contribution in [0.4, 0.5) is 4.39 Å². The lowest BCUT2D eigenvalue weighted by Crippen LogP contribution is -2.30. The normalized spacial score (nSPS) is 17.6. The van der Waals surface area contributed by atoms with Crippen molar-refractivity contribution in [3.63, 3.8) is 0 Å². The van der Waals surface area contributed by atoms with E-state index in [1.165, 1.54) is 13.2 Å². The third kappa shape index (κ3) is 2.23. The molecule has 4 heteroatoms. The molecule has 0 spiro atoms. The third-order valence-corrected chi connectivity index (χ3v) is 3.69. The highest BCUT2D eigenvalue weighted by atomic mass is 19.1. The highest BCUT2D eigenvalue weighted by molar-refractivity contribution is 5.44. The monoisotopic (exact) mass is 273 g/mol. The SMILES string of the molecule is COc1ccc(C2NCCc3cc(O)ccc32)cc1F. The molecule has 1 heterocycles. The van der Waals surface area contributed by atoms with E-state index in [1.54, 1.807) is 18.2 Å². The number of phenolic OH excluding ortho intramolecular Hbond substituents is 1. The molecule has 2 aromatic rings. The second kappa shape index (κ2) is 5.13. The van der Waals surface area contributed by atoms with E-state index in [0.717, 1.165) is 29.7 Å². The Morgan fingerprint density at radius 3 is 2.85 bits per heavy atom. The van der Waals surface area contributed by atoms with E-state index in [0.29, 0.717) is 0 Å². The molecule has 1 atom stereocenters. The van der Waals surface area contributed by atoms with Gasteiger partial charge in [0.25, 0.3) is 0 Å². The molecule has 1 unspecified atom stereocenters. The number of ether oxygens (including phenoxy) is 1. The summed E-state index contributed by atoms with van der Waals surface area (Å²) < 4.78 is 18.8. The van der Waals surface area contributed by atoms with Crippen LogP contribution in [0.25, 0.3) is 0 Å². The van der Waals surface area contributed by atoms with Gasteiger partial charge in [0.05, 0.1) is 13.2 Å². The summed E-state index contributed by atoms with van der Waals surface area (Å²) >= 11 is 0. The van der Waals surface area contributed by atoms with Crippen LogP contribution in [0.2, 0.25) is 0 Å². The third-order valence-electron chi connectivity index (χ3n) is 3.69. The zero-order valence-corrected chi connectivity index (χ0v) is 11.2. The molecular formula is C16H16FNO2. The molecule has 20 heavy (non-hydrogen) atoms. The van der Waals surface area contributed by atoms with E-state index in [1.807, 2.05) is 12.1 Å². The van der Waals surface area contributed by atoms with Crippen molar-refractivity contribution in [3.05, 3.63) is 58.9 Å².